The normalized spacial score (nSPS) is 10.5. The Morgan fingerprint density at radius 3 is 2.13 bits per heavy atom. The lowest BCUT2D eigenvalue weighted by Gasteiger charge is -2.09. The van der Waals surface area contributed by atoms with Gasteiger partial charge in [0.1, 0.15) is 11.6 Å². The molecule has 0 aliphatic heterocycles. The van der Waals surface area contributed by atoms with Gasteiger partial charge in [0.25, 0.3) is 5.91 Å². The standard InChI is InChI=1S/C24H18F2N4O/c25-20-8-4-16(5-9-20)13-27-23(31)18-2-1-3-22(12-18)30-24-28-14-19(15-29-24)17-6-10-21(26)11-7-17/h1-12,14-15H,13H2,(H,27,31)(H,28,29,30). The molecule has 5 nitrogen and oxygen atoms in total. The molecule has 0 fully saturated rings. The van der Waals surface area contributed by atoms with E-state index in [4.69, 9.17) is 0 Å². The summed E-state index contributed by atoms with van der Waals surface area (Å²) in [5, 5.41) is 5.87. The van der Waals surface area contributed by atoms with E-state index >= 15 is 0 Å². The van der Waals surface area contributed by atoms with Crippen molar-refractivity contribution in [2.75, 3.05) is 5.32 Å². The van der Waals surface area contributed by atoms with Crippen molar-refractivity contribution in [3.05, 3.63) is 108 Å². The monoisotopic (exact) mass is 416 g/mol. The zero-order valence-corrected chi connectivity index (χ0v) is 16.3. The van der Waals surface area contributed by atoms with Crippen LogP contribution in [0.4, 0.5) is 20.4 Å². The topological polar surface area (TPSA) is 66.9 Å². The quantitative estimate of drug-likeness (QED) is 0.459. The van der Waals surface area contributed by atoms with Crippen molar-refractivity contribution in [2.24, 2.45) is 0 Å². The molecule has 0 aliphatic carbocycles. The molecule has 0 saturated carbocycles. The predicted octanol–water partition coefficient (Wildman–Crippen LogP) is 5.10. The molecule has 4 rings (SSSR count). The first-order valence-electron chi connectivity index (χ1n) is 9.54. The number of benzene rings is 3. The third kappa shape index (κ3) is 5.27. The molecule has 1 heterocycles. The van der Waals surface area contributed by atoms with Crippen molar-refractivity contribution in [3.8, 4) is 11.1 Å². The number of nitrogens with zero attached hydrogens (tertiary/aromatic N) is 2. The first-order valence-corrected chi connectivity index (χ1v) is 9.54. The van der Waals surface area contributed by atoms with Crippen LogP contribution in [0.5, 0.6) is 0 Å². The second-order valence-corrected chi connectivity index (χ2v) is 6.82. The fourth-order valence-corrected chi connectivity index (χ4v) is 2.94. The third-order valence-electron chi connectivity index (χ3n) is 4.58. The van der Waals surface area contributed by atoms with Gasteiger partial charge in [0, 0.05) is 35.8 Å². The highest BCUT2D eigenvalue weighted by Gasteiger charge is 2.08. The number of carbonyl (C=O) groups is 1. The summed E-state index contributed by atoms with van der Waals surface area (Å²) in [6.07, 6.45) is 3.28. The summed E-state index contributed by atoms with van der Waals surface area (Å²) in [6, 6.07) is 19.0. The number of halogens is 2. The van der Waals surface area contributed by atoms with E-state index in [0.717, 1.165) is 16.7 Å². The third-order valence-corrected chi connectivity index (χ3v) is 4.58. The maximum Gasteiger partial charge on any atom is 0.251 e. The van der Waals surface area contributed by atoms with Crippen LogP contribution in [0.25, 0.3) is 11.1 Å². The van der Waals surface area contributed by atoms with Gasteiger partial charge in [-0.05, 0) is 53.6 Å². The molecular formula is C24H18F2N4O. The zero-order chi connectivity index (χ0) is 21.6. The van der Waals surface area contributed by atoms with Crippen LogP contribution < -0.4 is 10.6 Å². The Hall–Kier alpha value is -4.13. The fourth-order valence-electron chi connectivity index (χ4n) is 2.94. The number of anilines is 2. The van der Waals surface area contributed by atoms with Gasteiger partial charge in [-0.1, -0.05) is 30.3 Å². The summed E-state index contributed by atoms with van der Waals surface area (Å²) in [6.45, 7) is 0.296. The number of carbonyl (C=O) groups excluding carboxylic acids is 1. The Kier molecular flexibility index (Phi) is 5.93. The SMILES string of the molecule is O=C(NCc1ccc(F)cc1)c1cccc(Nc2ncc(-c3ccc(F)cc3)cn2)c1. The van der Waals surface area contributed by atoms with Gasteiger partial charge in [-0.3, -0.25) is 4.79 Å². The molecule has 0 bridgehead atoms. The van der Waals surface area contributed by atoms with Crippen molar-refractivity contribution in [3.63, 3.8) is 0 Å². The molecule has 154 valence electrons. The molecule has 4 aromatic rings. The summed E-state index contributed by atoms with van der Waals surface area (Å²) in [7, 11) is 0. The lowest BCUT2D eigenvalue weighted by molar-refractivity contribution is 0.0951. The van der Waals surface area contributed by atoms with Crippen LogP contribution in [-0.4, -0.2) is 15.9 Å². The highest BCUT2D eigenvalue weighted by atomic mass is 19.1. The molecule has 2 N–H and O–H groups in total. The van der Waals surface area contributed by atoms with Crippen LogP contribution in [0.3, 0.4) is 0 Å². The van der Waals surface area contributed by atoms with Crippen LogP contribution >= 0.6 is 0 Å². The number of rotatable bonds is 6. The molecule has 3 aromatic carbocycles. The molecule has 7 heteroatoms. The Bertz CT molecular complexity index is 1180. The van der Waals surface area contributed by atoms with E-state index in [9.17, 15) is 13.6 Å². The largest absolute Gasteiger partial charge is 0.348 e. The Balaban J connectivity index is 1.40. The van der Waals surface area contributed by atoms with Gasteiger partial charge in [-0.2, -0.15) is 0 Å². The molecule has 0 spiro atoms. The first kappa shape index (κ1) is 20.2. The fraction of sp³-hybridized carbons (Fsp3) is 0.0417. The van der Waals surface area contributed by atoms with Gasteiger partial charge in [-0.15, -0.1) is 0 Å². The van der Waals surface area contributed by atoms with Gasteiger partial charge in [0.2, 0.25) is 5.95 Å². The van der Waals surface area contributed by atoms with E-state index in [2.05, 4.69) is 20.6 Å². The number of amides is 1. The number of aromatic nitrogens is 2. The summed E-state index contributed by atoms with van der Waals surface area (Å²) in [5.41, 5.74) is 3.50. The average Bonchev–Trinajstić information content (AvgIpc) is 2.80. The first-order chi connectivity index (χ1) is 15.1. The number of hydrogen-bond donors (Lipinski definition) is 2. The second kappa shape index (κ2) is 9.13. The minimum absolute atomic E-state index is 0.249. The molecule has 0 unspecified atom stereocenters. The van der Waals surface area contributed by atoms with E-state index in [0.29, 0.717) is 23.7 Å². The number of hydrogen-bond acceptors (Lipinski definition) is 4. The van der Waals surface area contributed by atoms with E-state index in [-0.39, 0.29) is 17.5 Å². The van der Waals surface area contributed by atoms with Gasteiger partial charge in [0.15, 0.2) is 0 Å². The maximum absolute atomic E-state index is 13.1. The van der Waals surface area contributed by atoms with Crippen molar-refractivity contribution in [1.82, 2.24) is 15.3 Å². The molecule has 1 amide bonds. The van der Waals surface area contributed by atoms with Crippen molar-refractivity contribution < 1.29 is 13.6 Å². The van der Waals surface area contributed by atoms with Crippen LogP contribution in [-0.2, 0) is 6.54 Å². The maximum atomic E-state index is 13.1. The van der Waals surface area contributed by atoms with E-state index in [1.807, 2.05) is 0 Å². The summed E-state index contributed by atoms with van der Waals surface area (Å²) < 4.78 is 26.0. The number of nitrogens with one attached hydrogen (secondary N) is 2. The Morgan fingerprint density at radius 2 is 1.45 bits per heavy atom. The zero-order valence-electron chi connectivity index (χ0n) is 16.3. The van der Waals surface area contributed by atoms with E-state index in [1.165, 1.54) is 24.3 Å². The molecular weight excluding hydrogens is 398 g/mol. The lowest BCUT2D eigenvalue weighted by Crippen LogP contribution is -2.22. The smallest absolute Gasteiger partial charge is 0.251 e. The molecule has 0 radical (unpaired) electrons. The summed E-state index contributed by atoms with van der Waals surface area (Å²) in [4.78, 5) is 21.0. The van der Waals surface area contributed by atoms with Crippen LogP contribution in [0.1, 0.15) is 15.9 Å². The van der Waals surface area contributed by atoms with Crippen LogP contribution in [0, 0.1) is 11.6 Å². The van der Waals surface area contributed by atoms with Crippen LogP contribution in [0.2, 0.25) is 0 Å². The van der Waals surface area contributed by atoms with Gasteiger partial charge in [0.05, 0.1) is 0 Å². The summed E-state index contributed by atoms with van der Waals surface area (Å²) >= 11 is 0. The van der Waals surface area contributed by atoms with Crippen molar-refractivity contribution >= 4 is 17.5 Å². The molecule has 31 heavy (non-hydrogen) atoms. The Morgan fingerprint density at radius 1 is 0.806 bits per heavy atom. The van der Waals surface area contributed by atoms with Crippen LogP contribution in [0.15, 0.2) is 85.2 Å². The molecule has 0 atom stereocenters. The van der Waals surface area contributed by atoms with Gasteiger partial charge >= 0.3 is 0 Å². The minimum Gasteiger partial charge on any atom is -0.348 e. The minimum atomic E-state index is -0.318. The average molecular weight is 416 g/mol. The Labute approximate surface area is 177 Å². The summed E-state index contributed by atoms with van der Waals surface area (Å²) in [5.74, 6) is -0.499. The van der Waals surface area contributed by atoms with Gasteiger partial charge < -0.3 is 10.6 Å². The highest BCUT2D eigenvalue weighted by molar-refractivity contribution is 5.95. The highest BCUT2D eigenvalue weighted by Crippen LogP contribution is 2.20. The second-order valence-electron chi connectivity index (χ2n) is 6.82. The molecule has 0 aliphatic rings. The van der Waals surface area contributed by atoms with Gasteiger partial charge in [-0.25, -0.2) is 18.7 Å². The van der Waals surface area contributed by atoms with E-state index < -0.39 is 0 Å². The van der Waals surface area contributed by atoms with Crippen molar-refractivity contribution in [1.29, 1.82) is 0 Å². The molecule has 1 aromatic heterocycles. The lowest BCUT2D eigenvalue weighted by atomic mass is 10.1. The van der Waals surface area contributed by atoms with E-state index in [1.54, 1.807) is 60.9 Å². The molecule has 0 saturated heterocycles. The predicted molar refractivity (Wildman–Crippen MR) is 115 cm³/mol. The van der Waals surface area contributed by atoms with Crippen molar-refractivity contribution in [2.45, 2.75) is 6.54 Å².